The van der Waals surface area contributed by atoms with Crippen LogP contribution in [0.2, 0.25) is 5.02 Å². The Balaban J connectivity index is 2.88. The quantitative estimate of drug-likeness (QED) is 0.660. The van der Waals surface area contributed by atoms with Crippen molar-refractivity contribution in [1.82, 2.24) is 0 Å². The largest absolute Gasteiger partial charge is 0.494 e. The van der Waals surface area contributed by atoms with Gasteiger partial charge < -0.3 is 14.6 Å². The van der Waals surface area contributed by atoms with Crippen molar-refractivity contribution in [2.45, 2.75) is 46.6 Å². The Hall–Kier alpha value is -2.01. The number of carboxylic acids is 1. The van der Waals surface area contributed by atoms with Gasteiger partial charge in [-0.25, -0.2) is 4.79 Å². The van der Waals surface area contributed by atoms with Crippen molar-refractivity contribution in [3.63, 3.8) is 0 Å². The van der Waals surface area contributed by atoms with E-state index in [1.807, 2.05) is 33.8 Å². The lowest BCUT2D eigenvalue weighted by Crippen LogP contribution is -2.30. The number of halogens is 2. The Morgan fingerprint density at radius 2 is 2.04 bits per heavy atom. The van der Waals surface area contributed by atoms with E-state index < -0.39 is 17.4 Å². The summed E-state index contributed by atoms with van der Waals surface area (Å²) < 4.78 is 25.7. The molecule has 142 valence electrons. The molecule has 1 aliphatic rings. The molecule has 1 N–H and O–H groups in total. The van der Waals surface area contributed by atoms with E-state index in [2.05, 4.69) is 0 Å². The van der Waals surface area contributed by atoms with E-state index in [1.54, 1.807) is 13.0 Å². The number of hydrogen-bond acceptors (Lipinski definition) is 3. The summed E-state index contributed by atoms with van der Waals surface area (Å²) in [6.45, 7) is 9.63. The number of hydrogen-bond donors (Lipinski definition) is 1. The van der Waals surface area contributed by atoms with E-state index in [-0.39, 0.29) is 28.7 Å². The van der Waals surface area contributed by atoms with Gasteiger partial charge >= 0.3 is 5.97 Å². The smallest absolute Gasteiger partial charge is 0.365 e. The third-order valence-corrected chi connectivity index (χ3v) is 4.66. The zero-order valence-electron chi connectivity index (χ0n) is 15.9. The number of carboxylic acid groups (broad SMARTS) is 1. The van der Waals surface area contributed by atoms with Crippen LogP contribution < -0.4 is 9.47 Å². The second-order valence-corrected chi connectivity index (χ2v) is 7.44. The van der Waals surface area contributed by atoms with Crippen LogP contribution in [-0.4, -0.2) is 23.8 Å². The summed E-state index contributed by atoms with van der Waals surface area (Å²) in [5, 5.41) is 9.29. The first-order valence-corrected chi connectivity index (χ1v) is 8.86. The first-order chi connectivity index (χ1) is 12.0. The van der Waals surface area contributed by atoms with Crippen molar-refractivity contribution in [1.29, 1.82) is 0 Å². The minimum absolute atomic E-state index is 0.0342. The fourth-order valence-corrected chi connectivity index (χ4v) is 3.49. The predicted molar refractivity (Wildman–Crippen MR) is 101 cm³/mol. The normalized spacial score (nSPS) is 16.4. The van der Waals surface area contributed by atoms with Crippen molar-refractivity contribution in [2.75, 3.05) is 7.11 Å². The molecule has 0 radical (unpaired) electrons. The molecule has 6 heteroatoms. The lowest BCUT2D eigenvalue weighted by Gasteiger charge is -2.34. The molecule has 0 unspecified atom stereocenters. The molecule has 0 aromatic heterocycles. The summed E-state index contributed by atoms with van der Waals surface area (Å²) in [6, 6.07) is 1.71. The molecule has 0 aliphatic carbocycles. The van der Waals surface area contributed by atoms with Crippen LogP contribution >= 0.6 is 11.6 Å². The maximum absolute atomic E-state index is 14.3. The second kappa shape index (κ2) is 7.31. The Labute approximate surface area is 158 Å². The number of carbonyl (C=O) groups is 1. The van der Waals surface area contributed by atoms with Crippen LogP contribution in [0, 0.1) is 5.92 Å². The molecule has 0 atom stereocenters. The molecule has 2 rings (SSSR count). The molecular formula is C20H24ClFO4. The van der Waals surface area contributed by atoms with Crippen LogP contribution in [0.4, 0.5) is 4.39 Å². The van der Waals surface area contributed by atoms with Gasteiger partial charge in [0.1, 0.15) is 16.4 Å². The molecule has 0 fully saturated rings. The summed E-state index contributed by atoms with van der Waals surface area (Å²) in [4.78, 5) is 11.2. The Morgan fingerprint density at radius 3 is 2.50 bits per heavy atom. The molecule has 0 saturated carbocycles. The van der Waals surface area contributed by atoms with Crippen molar-refractivity contribution < 1.29 is 23.8 Å². The number of allylic oxidation sites excluding steroid dienone is 2. The lowest BCUT2D eigenvalue weighted by atomic mass is 9.85. The minimum Gasteiger partial charge on any atom is -0.494 e. The molecule has 1 aliphatic heterocycles. The van der Waals surface area contributed by atoms with Crippen LogP contribution in [0.15, 0.2) is 18.0 Å². The van der Waals surface area contributed by atoms with Crippen molar-refractivity contribution in [2.24, 2.45) is 5.92 Å². The van der Waals surface area contributed by atoms with Crippen molar-refractivity contribution >= 4 is 28.7 Å². The summed E-state index contributed by atoms with van der Waals surface area (Å²) in [5.74, 6) is -1.98. The summed E-state index contributed by atoms with van der Waals surface area (Å²) in [5.41, 5.74) is 1.54. The zero-order chi connectivity index (χ0) is 19.8. The average molecular weight is 383 g/mol. The summed E-state index contributed by atoms with van der Waals surface area (Å²) in [7, 11) is 1.41. The molecule has 1 aromatic carbocycles. The Kier molecular flexibility index (Phi) is 5.71. The summed E-state index contributed by atoms with van der Waals surface area (Å²) in [6.07, 6.45) is 2.19. The minimum atomic E-state index is -1.62. The highest BCUT2D eigenvalue weighted by Crippen LogP contribution is 2.50. The van der Waals surface area contributed by atoms with Gasteiger partial charge in [-0.15, -0.1) is 0 Å². The van der Waals surface area contributed by atoms with E-state index in [0.29, 0.717) is 11.3 Å². The number of methoxy groups -OCH3 is 1. The first kappa shape index (κ1) is 20.3. The number of fused-ring (bicyclic) bond motifs is 1. The van der Waals surface area contributed by atoms with Gasteiger partial charge in [0.05, 0.1) is 7.11 Å². The Bertz CT molecular complexity index is 807. The average Bonchev–Trinajstić information content (AvgIpc) is 2.55. The zero-order valence-corrected chi connectivity index (χ0v) is 16.6. The fourth-order valence-electron chi connectivity index (χ4n) is 3.17. The molecule has 0 saturated heterocycles. The van der Waals surface area contributed by atoms with Crippen LogP contribution in [-0.2, 0) is 4.79 Å². The standard InChI is InChI=1S/C20H24ClFO4/c1-7-11(16(22)19(23)24)12-8-13-14(10(2)3)9-20(4,5)26-18(13)15(21)17(12)25-6/h8-10H,7H2,1-6H3,(H,23,24)/b16-11+. The number of aliphatic carboxylic acids is 1. The van der Waals surface area contributed by atoms with Gasteiger partial charge in [0.25, 0.3) is 0 Å². The van der Waals surface area contributed by atoms with Gasteiger partial charge in [0, 0.05) is 16.7 Å². The maximum atomic E-state index is 14.3. The number of benzene rings is 1. The number of ether oxygens (including phenoxy) is 2. The summed E-state index contributed by atoms with van der Waals surface area (Å²) >= 11 is 6.54. The van der Waals surface area contributed by atoms with Gasteiger partial charge in [-0.1, -0.05) is 32.4 Å². The van der Waals surface area contributed by atoms with Gasteiger partial charge in [0.15, 0.2) is 5.75 Å². The van der Waals surface area contributed by atoms with Gasteiger partial charge in [-0.05, 0) is 43.9 Å². The molecule has 1 aromatic rings. The Morgan fingerprint density at radius 1 is 1.42 bits per heavy atom. The van der Waals surface area contributed by atoms with Gasteiger partial charge in [-0.2, -0.15) is 4.39 Å². The van der Waals surface area contributed by atoms with E-state index in [9.17, 15) is 9.18 Å². The highest BCUT2D eigenvalue weighted by atomic mass is 35.5. The van der Waals surface area contributed by atoms with E-state index in [0.717, 1.165) is 11.1 Å². The molecule has 4 nitrogen and oxygen atoms in total. The molecule has 0 amide bonds. The molecule has 0 spiro atoms. The maximum Gasteiger partial charge on any atom is 0.365 e. The van der Waals surface area contributed by atoms with Crippen LogP contribution in [0.25, 0.3) is 11.1 Å². The second-order valence-electron chi connectivity index (χ2n) is 7.06. The van der Waals surface area contributed by atoms with Crippen LogP contribution in [0.1, 0.15) is 52.2 Å². The van der Waals surface area contributed by atoms with E-state index in [1.165, 1.54) is 7.11 Å². The number of rotatable bonds is 5. The third-order valence-electron chi connectivity index (χ3n) is 4.31. The SMILES string of the molecule is CC/C(=C(\F)C(=O)O)c1cc2c(c(Cl)c1OC)OC(C)(C)C=C2C(C)C. The lowest BCUT2D eigenvalue weighted by molar-refractivity contribution is -0.134. The van der Waals surface area contributed by atoms with E-state index >= 15 is 0 Å². The van der Waals surface area contributed by atoms with Crippen molar-refractivity contribution in [3.8, 4) is 11.5 Å². The van der Waals surface area contributed by atoms with Crippen LogP contribution in [0.3, 0.4) is 0 Å². The van der Waals surface area contributed by atoms with Crippen molar-refractivity contribution in [3.05, 3.63) is 34.1 Å². The molecule has 26 heavy (non-hydrogen) atoms. The fraction of sp³-hybridized carbons (Fsp3) is 0.450. The van der Waals surface area contributed by atoms with Gasteiger partial charge in [0.2, 0.25) is 5.83 Å². The first-order valence-electron chi connectivity index (χ1n) is 8.49. The topological polar surface area (TPSA) is 55.8 Å². The molecular weight excluding hydrogens is 359 g/mol. The van der Waals surface area contributed by atoms with Gasteiger partial charge in [-0.3, -0.25) is 0 Å². The molecule has 0 bridgehead atoms. The highest BCUT2D eigenvalue weighted by Gasteiger charge is 2.33. The van der Waals surface area contributed by atoms with E-state index in [4.69, 9.17) is 26.2 Å². The monoisotopic (exact) mass is 382 g/mol. The van der Waals surface area contributed by atoms with Crippen LogP contribution in [0.5, 0.6) is 11.5 Å². The predicted octanol–water partition coefficient (Wildman–Crippen LogP) is 5.73. The third kappa shape index (κ3) is 3.58. The molecule has 1 heterocycles. The highest BCUT2D eigenvalue weighted by molar-refractivity contribution is 6.34.